The van der Waals surface area contributed by atoms with Gasteiger partial charge in [-0.05, 0) is 30.5 Å². The molecule has 0 spiro atoms. The lowest BCUT2D eigenvalue weighted by Gasteiger charge is -2.40. The normalized spacial score (nSPS) is 16.2. The van der Waals surface area contributed by atoms with Crippen LogP contribution in [-0.4, -0.2) is 10.9 Å². The summed E-state index contributed by atoms with van der Waals surface area (Å²) in [6.45, 7) is 0. The average Bonchev–Trinajstić information content (AvgIpc) is 2.41. The van der Waals surface area contributed by atoms with Gasteiger partial charge in [0.2, 0.25) is 5.91 Å². The van der Waals surface area contributed by atoms with Crippen LogP contribution in [-0.2, 0) is 10.2 Å². The first-order valence-corrected chi connectivity index (χ1v) is 7.07. The summed E-state index contributed by atoms with van der Waals surface area (Å²) in [5, 5.41) is 3.46. The number of hydrogen-bond acceptors (Lipinski definition) is 2. The molecule has 1 fully saturated rings. The van der Waals surface area contributed by atoms with E-state index in [0.29, 0.717) is 10.8 Å². The van der Waals surface area contributed by atoms with Crippen molar-refractivity contribution in [3.05, 3.63) is 59.2 Å². The zero-order valence-electron chi connectivity index (χ0n) is 11.0. The van der Waals surface area contributed by atoms with Gasteiger partial charge in [-0.1, -0.05) is 48.4 Å². The molecule has 0 saturated heterocycles. The van der Waals surface area contributed by atoms with Gasteiger partial charge in [-0.3, -0.25) is 4.79 Å². The van der Waals surface area contributed by atoms with Crippen LogP contribution in [0.4, 0.5) is 5.82 Å². The van der Waals surface area contributed by atoms with E-state index in [9.17, 15) is 4.79 Å². The van der Waals surface area contributed by atoms with Crippen molar-refractivity contribution in [3.63, 3.8) is 0 Å². The Kier molecular flexibility index (Phi) is 3.45. The molecule has 1 aliphatic carbocycles. The second-order valence-corrected chi connectivity index (χ2v) is 5.55. The Balaban J connectivity index is 1.83. The number of nitrogens with one attached hydrogen (secondary N) is 1. The van der Waals surface area contributed by atoms with Crippen LogP contribution in [0.3, 0.4) is 0 Å². The number of aromatic nitrogens is 1. The van der Waals surface area contributed by atoms with E-state index in [-0.39, 0.29) is 5.91 Å². The van der Waals surface area contributed by atoms with Gasteiger partial charge in [0.1, 0.15) is 5.82 Å². The third kappa shape index (κ3) is 2.29. The molecule has 1 amide bonds. The standard InChI is InChI=1S/C16H15ClN2O/c17-13-7-8-14(18-11-13)19-15(20)16(9-4-10-16)12-5-2-1-3-6-12/h1-3,5-8,11H,4,9-10H2,(H,18,19,20). The quantitative estimate of drug-likeness (QED) is 0.932. The Morgan fingerprint density at radius 3 is 2.45 bits per heavy atom. The Morgan fingerprint density at radius 1 is 1.15 bits per heavy atom. The van der Waals surface area contributed by atoms with Crippen LogP contribution in [0.5, 0.6) is 0 Å². The van der Waals surface area contributed by atoms with E-state index in [1.165, 1.54) is 6.20 Å². The molecule has 2 aromatic rings. The number of anilines is 1. The maximum absolute atomic E-state index is 12.6. The van der Waals surface area contributed by atoms with Crippen LogP contribution < -0.4 is 5.32 Å². The van der Waals surface area contributed by atoms with Crippen LogP contribution in [0.2, 0.25) is 5.02 Å². The van der Waals surface area contributed by atoms with Gasteiger partial charge in [0.15, 0.2) is 0 Å². The van der Waals surface area contributed by atoms with Gasteiger partial charge in [-0.25, -0.2) is 4.98 Å². The third-order valence-corrected chi connectivity index (χ3v) is 4.16. The van der Waals surface area contributed by atoms with E-state index >= 15 is 0 Å². The summed E-state index contributed by atoms with van der Waals surface area (Å²) in [5.41, 5.74) is 0.681. The van der Waals surface area contributed by atoms with E-state index in [1.54, 1.807) is 12.1 Å². The van der Waals surface area contributed by atoms with Crippen molar-refractivity contribution in [3.8, 4) is 0 Å². The highest BCUT2D eigenvalue weighted by molar-refractivity contribution is 6.30. The molecule has 102 valence electrons. The minimum Gasteiger partial charge on any atom is -0.310 e. The van der Waals surface area contributed by atoms with E-state index < -0.39 is 5.41 Å². The van der Waals surface area contributed by atoms with Crippen molar-refractivity contribution < 1.29 is 4.79 Å². The number of rotatable bonds is 3. The van der Waals surface area contributed by atoms with Crippen molar-refractivity contribution in [2.75, 3.05) is 5.32 Å². The third-order valence-electron chi connectivity index (χ3n) is 3.94. The van der Waals surface area contributed by atoms with Crippen molar-refractivity contribution in [2.45, 2.75) is 24.7 Å². The fraction of sp³-hybridized carbons (Fsp3) is 0.250. The molecule has 1 aromatic heterocycles. The zero-order valence-corrected chi connectivity index (χ0v) is 11.7. The summed E-state index contributed by atoms with van der Waals surface area (Å²) in [4.78, 5) is 16.7. The lowest BCUT2D eigenvalue weighted by Crippen LogP contribution is -2.46. The highest BCUT2D eigenvalue weighted by Crippen LogP contribution is 2.44. The van der Waals surface area contributed by atoms with Crippen molar-refractivity contribution in [2.24, 2.45) is 0 Å². The summed E-state index contributed by atoms with van der Waals surface area (Å²) in [6.07, 6.45) is 4.39. The largest absolute Gasteiger partial charge is 0.310 e. The molecular formula is C16H15ClN2O. The molecule has 20 heavy (non-hydrogen) atoms. The highest BCUT2D eigenvalue weighted by atomic mass is 35.5. The molecule has 0 atom stereocenters. The smallest absolute Gasteiger partial charge is 0.236 e. The predicted octanol–water partition coefficient (Wildman–Crippen LogP) is 3.80. The van der Waals surface area contributed by atoms with Gasteiger partial charge in [-0.15, -0.1) is 0 Å². The summed E-state index contributed by atoms with van der Waals surface area (Å²) in [5.74, 6) is 0.561. The van der Waals surface area contributed by atoms with E-state index in [2.05, 4.69) is 10.3 Å². The first kappa shape index (κ1) is 13.1. The van der Waals surface area contributed by atoms with Gasteiger partial charge < -0.3 is 5.32 Å². The number of carbonyl (C=O) groups excluding carboxylic acids is 1. The number of benzene rings is 1. The summed E-state index contributed by atoms with van der Waals surface area (Å²) < 4.78 is 0. The van der Waals surface area contributed by atoms with E-state index in [0.717, 1.165) is 24.8 Å². The summed E-state index contributed by atoms with van der Waals surface area (Å²) >= 11 is 5.80. The number of halogens is 1. The van der Waals surface area contributed by atoms with Crippen molar-refractivity contribution in [1.29, 1.82) is 0 Å². The minimum absolute atomic E-state index is 0.0183. The molecule has 0 unspecified atom stereocenters. The fourth-order valence-corrected chi connectivity index (χ4v) is 2.73. The van der Waals surface area contributed by atoms with Crippen LogP contribution in [0.1, 0.15) is 24.8 Å². The maximum atomic E-state index is 12.6. The number of carbonyl (C=O) groups is 1. The summed E-state index contributed by atoms with van der Waals surface area (Å²) in [6, 6.07) is 13.4. The molecular weight excluding hydrogens is 272 g/mol. The van der Waals surface area contributed by atoms with Crippen LogP contribution in [0, 0.1) is 0 Å². The molecule has 3 rings (SSSR count). The first-order valence-electron chi connectivity index (χ1n) is 6.69. The van der Waals surface area contributed by atoms with Crippen LogP contribution >= 0.6 is 11.6 Å². The topological polar surface area (TPSA) is 42.0 Å². The van der Waals surface area contributed by atoms with E-state index in [4.69, 9.17) is 11.6 Å². The van der Waals surface area contributed by atoms with Gasteiger partial charge >= 0.3 is 0 Å². The fourth-order valence-electron chi connectivity index (χ4n) is 2.62. The average molecular weight is 287 g/mol. The maximum Gasteiger partial charge on any atom is 0.236 e. The van der Waals surface area contributed by atoms with Crippen LogP contribution in [0.15, 0.2) is 48.7 Å². The second kappa shape index (κ2) is 5.25. The predicted molar refractivity (Wildman–Crippen MR) is 79.8 cm³/mol. The zero-order chi connectivity index (χ0) is 14.0. The molecule has 1 aliphatic rings. The number of hydrogen-bond donors (Lipinski definition) is 1. The van der Waals surface area contributed by atoms with E-state index in [1.807, 2.05) is 30.3 Å². The molecule has 0 bridgehead atoms. The molecule has 1 aromatic carbocycles. The first-order chi connectivity index (χ1) is 9.71. The minimum atomic E-state index is -0.400. The number of nitrogens with zero attached hydrogens (tertiary/aromatic N) is 1. The molecule has 3 nitrogen and oxygen atoms in total. The molecule has 1 heterocycles. The number of amides is 1. The van der Waals surface area contributed by atoms with Gasteiger partial charge in [0, 0.05) is 6.20 Å². The highest BCUT2D eigenvalue weighted by Gasteiger charge is 2.45. The van der Waals surface area contributed by atoms with Crippen molar-refractivity contribution >= 4 is 23.3 Å². The Hall–Kier alpha value is -1.87. The second-order valence-electron chi connectivity index (χ2n) is 5.12. The Labute approximate surface area is 123 Å². The lowest BCUT2D eigenvalue weighted by molar-refractivity contribution is -0.124. The molecule has 0 aliphatic heterocycles. The molecule has 0 radical (unpaired) electrons. The van der Waals surface area contributed by atoms with Gasteiger partial charge in [-0.2, -0.15) is 0 Å². The monoisotopic (exact) mass is 286 g/mol. The number of pyridine rings is 1. The summed E-state index contributed by atoms with van der Waals surface area (Å²) in [7, 11) is 0. The Bertz CT molecular complexity index is 606. The molecule has 1 N–H and O–H groups in total. The van der Waals surface area contributed by atoms with Gasteiger partial charge in [0.25, 0.3) is 0 Å². The van der Waals surface area contributed by atoms with Crippen molar-refractivity contribution in [1.82, 2.24) is 4.98 Å². The Morgan fingerprint density at radius 2 is 1.90 bits per heavy atom. The van der Waals surface area contributed by atoms with Gasteiger partial charge in [0.05, 0.1) is 10.4 Å². The SMILES string of the molecule is O=C(Nc1ccc(Cl)cn1)C1(c2ccccc2)CCC1. The lowest BCUT2D eigenvalue weighted by atomic mass is 9.64. The molecule has 1 saturated carbocycles. The molecule has 4 heteroatoms. The van der Waals surface area contributed by atoms with Crippen LogP contribution in [0.25, 0.3) is 0 Å².